The van der Waals surface area contributed by atoms with Crippen LogP contribution < -0.4 is 5.32 Å². The predicted molar refractivity (Wildman–Crippen MR) is 69.5 cm³/mol. The standard InChI is InChI=1S/C11H19N5S/c1-5-6-12-8(4)10-15-16-9(7(2)3)13-14-11(16)17-10/h7-8,12H,5-6H2,1-4H3. The maximum absolute atomic E-state index is 4.59. The van der Waals surface area contributed by atoms with Gasteiger partial charge in [-0.3, -0.25) is 0 Å². The van der Waals surface area contributed by atoms with Gasteiger partial charge in [-0.2, -0.15) is 9.61 Å². The van der Waals surface area contributed by atoms with Crippen LogP contribution in [0.5, 0.6) is 0 Å². The number of fused-ring (bicyclic) bond motifs is 1. The second-order valence-electron chi connectivity index (χ2n) is 4.52. The van der Waals surface area contributed by atoms with Crippen LogP contribution in [-0.2, 0) is 0 Å². The molecule has 0 saturated heterocycles. The Morgan fingerprint density at radius 2 is 2.06 bits per heavy atom. The largest absolute Gasteiger partial charge is 0.308 e. The van der Waals surface area contributed by atoms with Gasteiger partial charge in [-0.05, 0) is 19.9 Å². The van der Waals surface area contributed by atoms with Gasteiger partial charge in [0.25, 0.3) is 0 Å². The van der Waals surface area contributed by atoms with E-state index in [0.29, 0.717) is 5.92 Å². The molecule has 5 nitrogen and oxygen atoms in total. The Labute approximate surface area is 105 Å². The van der Waals surface area contributed by atoms with E-state index in [-0.39, 0.29) is 6.04 Å². The Morgan fingerprint density at radius 1 is 1.29 bits per heavy atom. The molecule has 0 bridgehead atoms. The molecule has 6 heteroatoms. The first-order chi connectivity index (χ1) is 8.13. The van der Waals surface area contributed by atoms with Crippen LogP contribution in [0.2, 0.25) is 0 Å². The number of hydrogen-bond donors (Lipinski definition) is 1. The highest BCUT2D eigenvalue weighted by Gasteiger charge is 2.16. The van der Waals surface area contributed by atoms with Gasteiger partial charge in [-0.1, -0.05) is 32.1 Å². The minimum absolute atomic E-state index is 0.279. The molecule has 0 aliphatic rings. The molecule has 2 heterocycles. The molecular weight excluding hydrogens is 234 g/mol. The lowest BCUT2D eigenvalue weighted by Gasteiger charge is -2.08. The molecule has 94 valence electrons. The molecule has 17 heavy (non-hydrogen) atoms. The van der Waals surface area contributed by atoms with Gasteiger partial charge in [0.05, 0.1) is 6.04 Å². The van der Waals surface area contributed by atoms with E-state index >= 15 is 0 Å². The van der Waals surface area contributed by atoms with E-state index in [4.69, 9.17) is 0 Å². The number of nitrogens with one attached hydrogen (secondary N) is 1. The number of aromatic nitrogens is 4. The number of rotatable bonds is 5. The average molecular weight is 253 g/mol. The van der Waals surface area contributed by atoms with Crippen molar-refractivity contribution < 1.29 is 0 Å². The van der Waals surface area contributed by atoms with Crippen molar-refractivity contribution in [3.8, 4) is 0 Å². The molecule has 0 fully saturated rings. The minimum Gasteiger partial charge on any atom is -0.308 e. The minimum atomic E-state index is 0.279. The third kappa shape index (κ3) is 2.47. The number of nitrogens with zero attached hydrogens (tertiary/aromatic N) is 4. The Balaban J connectivity index is 2.25. The van der Waals surface area contributed by atoms with E-state index in [1.165, 1.54) is 0 Å². The van der Waals surface area contributed by atoms with E-state index in [2.05, 4.69) is 48.3 Å². The first-order valence-electron chi connectivity index (χ1n) is 6.09. The molecule has 2 aromatic heterocycles. The summed E-state index contributed by atoms with van der Waals surface area (Å²) in [5.41, 5.74) is 0. The van der Waals surface area contributed by atoms with E-state index in [1.54, 1.807) is 11.3 Å². The Kier molecular flexibility index (Phi) is 3.73. The SMILES string of the molecule is CCCNC(C)c1nn2c(C(C)C)nnc2s1. The van der Waals surface area contributed by atoms with Gasteiger partial charge in [0.2, 0.25) is 4.96 Å². The quantitative estimate of drug-likeness (QED) is 0.889. The predicted octanol–water partition coefficient (Wildman–Crippen LogP) is 2.37. The summed E-state index contributed by atoms with van der Waals surface area (Å²) < 4.78 is 1.87. The molecular formula is C11H19N5S. The summed E-state index contributed by atoms with van der Waals surface area (Å²) in [4.78, 5) is 0.883. The molecule has 0 radical (unpaired) electrons. The topological polar surface area (TPSA) is 55.1 Å². The maximum Gasteiger partial charge on any atom is 0.234 e. The Hall–Kier alpha value is -1.01. The van der Waals surface area contributed by atoms with Crippen molar-refractivity contribution in [1.82, 2.24) is 25.1 Å². The lowest BCUT2D eigenvalue weighted by atomic mass is 10.2. The van der Waals surface area contributed by atoms with Gasteiger partial charge in [0.1, 0.15) is 5.01 Å². The van der Waals surface area contributed by atoms with Crippen LogP contribution in [0, 0.1) is 0 Å². The lowest BCUT2D eigenvalue weighted by Crippen LogP contribution is -2.19. The van der Waals surface area contributed by atoms with Crippen molar-refractivity contribution in [2.75, 3.05) is 6.54 Å². The zero-order chi connectivity index (χ0) is 12.4. The molecule has 1 unspecified atom stereocenters. The highest BCUT2D eigenvalue weighted by Crippen LogP contribution is 2.22. The van der Waals surface area contributed by atoms with Gasteiger partial charge in [-0.25, -0.2) is 0 Å². The first kappa shape index (κ1) is 12.4. The smallest absolute Gasteiger partial charge is 0.234 e. The fourth-order valence-electron chi connectivity index (χ4n) is 1.63. The van der Waals surface area contributed by atoms with Crippen molar-refractivity contribution in [1.29, 1.82) is 0 Å². The summed E-state index contributed by atoms with van der Waals surface area (Å²) in [6.07, 6.45) is 1.13. The van der Waals surface area contributed by atoms with Crippen LogP contribution in [0.1, 0.15) is 56.9 Å². The van der Waals surface area contributed by atoms with Crippen LogP contribution in [0.4, 0.5) is 0 Å². The van der Waals surface area contributed by atoms with Gasteiger partial charge in [0, 0.05) is 5.92 Å². The second-order valence-corrected chi connectivity index (χ2v) is 5.51. The zero-order valence-corrected chi connectivity index (χ0v) is 11.6. The normalized spacial score (nSPS) is 13.7. The summed E-state index contributed by atoms with van der Waals surface area (Å²) in [5.74, 6) is 1.28. The van der Waals surface area contributed by atoms with Gasteiger partial charge >= 0.3 is 0 Å². The zero-order valence-electron chi connectivity index (χ0n) is 10.8. The first-order valence-corrected chi connectivity index (χ1v) is 6.90. The van der Waals surface area contributed by atoms with Crippen molar-refractivity contribution in [2.45, 2.75) is 46.1 Å². The van der Waals surface area contributed by atoms with Crippen LogP contribution in [0.15, 0.2) is 0 Å². The molecule has 0 saturated carbocycles. The summed E-state index contributed by atoms with van der Waals surface area (Å²) in [5, 5.41) is 17.4. The van der Waals surface area contributed by atoms with Crippen LogP contribution in [0.25, 0.3) is 4.96 Å². The van der Waals surface area contributed by atoms with E-state index in [1.807, 2.05) is 4.52 Å². The summed E-state index contributed by atoms with van der Waals surface area (Å²) >= 11 is 1.61. The van der Waals surface area contributed by atoms with Crippen LogP contribution in [0.3, 0.4) is 0 Å². The van der Waals surface area contributed by atoms with Crippen molar-refractivity contribution in [3.63, 3.8) is 0 Å². The second kappa shape index (κ2) is 5.10. The molecule has 1 atom stereocenters. The third-order valence-electron chi connectivity index (χ3n) is 2.62. The monoisotopic (exact) mass is 253 g/mol. The van der Waals surface area contributed by atoms with Gasteiger partial charge in [-0.15, -0.1) is 10.2 Å². The molecule has 0 spiro atoms. The molecule has 0 aliphatic carbocycles. The fraction of sp³-hybridized carbons (Fsp3) is 0.727. The van der Waals surface area contributed by atoms with E-state index < -0.39 is 0 Å². The van der Waals surface area contributed by atoms with Gasteiger partial charge in [0.15, 0.2) is 5.82 Å². The summed E-state index contributed by atoms with van der Waals surface area (Å²) in [6, 6.07) is 0.279. The number of hydrogen-bond acceptors (Lipinski definition) is 5. The van der Waals surface area contributed by atoms with Crippen LogP contribution in [-0.4, -0.2) is 26.4 Å². The van der Waals surface area contributed by atoms with Crippen molar-refractivity contribution in [3.05, 3.63) is 10.8 Å². The molecule has 0 amide bonds. The van der Waals surface area contributed by atoms with Crippen molar-refractivity contribution >= 4 is 16.3 Å². The third-order valence-corrected chi connectivity index (χ3v) is 3.70. The fourth-order valence-corrected chi connectivity index (χ4v) is 2.50. The lowest BCUT2D eigenvalue weighted by molar-refractivity contribution is 0.559. The van der Waals surface area contributed by atoms with E-state index in [9.17, 15) is 0 Å². The molecule has 2 aromatic rings. The molecule has 0 aliphatic heterocycles. The van der Waals surface area contributed by atoms with Crippen LogP contribution >= 0.6 is 11.3 Å². The maximum atomic E-state index is 4.59. The molecule has 0 aromatic carbocycles. The summed E-state index contributed by atoms with van der Waals surface area (Å²) in [6.45, 7) is 9.52. The van der Waals surface area contributed by atoms with Crippen molar-refractivity contribution in [2.24, 2.45) is 0 Å². The molecule has 2 rings (SSSR count). The average Bonchev–Trinajstić information content (AvgIpc) is 2.83. The Morgan fingerprint density at radius 3 is 2.71 bits per heavy atom. The van der Waals surface area contributed by atoms with E-state index in [0.717, 1.165) is 28.8 Å². The highest BCUT2D eigenvalue weighted by atomic mass is 32.1. The molecule has 1 N–H and O–H groups in total. The highest BCUT2D eigenvalue weighted by molar-refractivity contribution is 7.16. The summed E-state index contributed by atoms with van der Waals surface area (Å²) in [7, 11) is 0. The van der Waals surface area contributed by atoms with Gasteiger partial charge < -0.3 is 5.32 Å². The Bertz CT molecular complexity index is 487.